The zero-order valence-electron chi connectivity index (χ0n) is 8.31. The van der Waals surface area contributed by atoms with Crippen molar-refractivity contribution in [3.63, 3.8) is 0 Å². The first-order chi connectivity index (χ1) is 6.86. The normalized spacial score (nSPS) is 10.6. The van der Waals surface area contributed by atoms with Gasteiger partial charge in [-0.3, -0.25) is 4.79 Å². The molecule has 0 aliphatic carbocycles. The second kappa shape index (κ2) is 6.46. The Labute approximate surface area is 140 Å². The zero-order chi connectivity index (χ0) is 11.6. The molecular formula is C8H6ClKO5S. The van der Waals surface area contributed by atoms with Crippen LogP contribution in [0.4, 0.5) is 0 Å². The molecule has 1 aromatic rings. The molecule has 1 rings (SSSR count). The topological polar surface area (TPSA) is 94.5 Å². The Morgan fingerprint density at radius 1 is 1.44 bits per heavy atom. The van der Waals surface area contributed by atoms with Gasteiger partial charge in [-0.2, -0.15) is 0 Å². The van der Waals surface area contributed by atoms with Crippen molar-refractivity contribution in [3.05, 3.63) is 23.8 Å². The van der Waals surface area contributed by atoms with Gasteiger partial charge in [-0.25, -0.2) is 8.42 Å². The molecule has 0 aromatic heterocycles. The van der Waals surface area contributed by atoms with Gasteiger partial charge in [-0.15, -0.1) is 11.6 Å². The molecule has 0 radical (unpaired) electrons. The van der Waals surface area contributed by atoms with Crippen molar-refractivity contribution in [2.45, 2.75) is 4.90 Å². The molecule has 5 nitrogen and oxygen atoms in total. The average Bonchev–Trinajstić information content (AvgIpc) is 2.15. The van der Waals surface area contributed by atoms with Crippen LogP contribution in [0.2, 0.25) is 0 Å². The summed E-state index contributed by atoms with van der Waals surface area (Å²) in [6, 6.07) is 2.69. The SMILES string of the molecule is O=C(CCl)c1cc(S(=O)(=O)[O-])ccc1O.[K+]. The second-order valence-electron chi connectivity index (χ2n) is 2.69. The van der Waals surface area contributed by atoms with Crippen LogP contribution in [0.1, 0.15) is 10.4 Å². The largest absolute Gasteiger partial charge is 1.00 e. The molecule has 0 aliphatic heterocycles. The molecule has 0 amide bonds. The van der Waals surface area contributed by atoms with E-state index in [-0.39, 0.29) is 56.9 Å². The number of alkyl halides is 1. The molecule has 16 heavy (non-hydrogen) atoms. The van der Waals surface area contributed by atoms with Gasteiger partial charge in [-0.05, 0) is 18.2 Å². The van der Waals surface area contributed by atoms with Crippen LogP contribution >= 0.6 is 11.6 Å². The summed E-state index contributed by atoms with van der Waals surface area (Å²) in [6.07, 6.45) is 0. The predicted molar refractivity (Wildman–Crippen MR) is 51.1 cm³/mol. The minimum absolute atomic E-state index is 0. The van der Waals surface area contributed by atoms with Gasteiger partial charge >= 0.3 is 51.4 Å². The molecule has 1 aromatic carbocycles. The number of phenols is 1. The van der Waals surface area contributed by atoms with Gasteiger partial charge in [-0.1, -0.05) is 0 Å². The van der Waals surface area contributed by atoms with E-state index >= 15 is 0 Å². The van der Waals surface area contributed by atoms with Gasteiger partial charge < -0.3 is 9.66 Å². The molecule has 0 fully saturated rings. The number of Topliss-reactive ketones (excluding diaryl/α,β-unsaturated/α-hetero) is 1. The van der Waals surface area contributed by atoms with Gasteiger partial charge in [0.05, 0.1) is 16.3 Å². The molecule has 0 unspecified atom stereocenters. The molecule has 0 aliphatic rings. The summed E-state index contributed by atoms with van der Waals surface area (Å²) in [5.74, 6) is -1.47. The van der Waals surface area contributed by atoms with Crippen LogP contribution in [0.25, 0.3) is 0 Å². The third-order valence-corrected chi connectivity index (χ3v) is 2.75. The van der Waals surface area contributed by atoms with Crippen molar-refractivity contribution in [1.82, 2.24) is 0 Å². The van der Waals surface area contributed by atoms with Crippen LogP contribution in [0.3, 0.4) is 0 Å². The zero-order valence-corrected chi connectivity index (χ0v) is 13.0. The van der Waals surface area contributed by atoms with E-state index in [9.17, 15) is 22.9 Å². The maximum atomic E-state index is 11.1. The van der Waals surface area contributed by atoms with E-state index in [0.29, 0.717) is 0 Å². The molecule has 82 valence electrons. The fourth-order valence-corrected chi connectivity index (χ4v) is 1.61. The standard InChI is InChI=1S/C8H7ClO5S.K/c9-4-8(11)6-3-5(15(12,13)14)1-2-7(6)10;/h1-3,10H,4H2,(H,12,13,14);/q;+1/p-1. The summed E-state index contributed by atoms with van der Waals surface area (Å²) >= 11 is 5.24. The van der Waals surface area contributed by atoms with E-state index in [0.717, 1.165) is 18.2 Å². The van der Waals surface area contributed by atoms with Gasteiger partial charge in [0.25, 0.3) is 0 Å². The average molecular weight is 289 g/mol. The van der Waals surface area contributed by atoms with E-state index < -0.39 is 32.4 Å². The first-order valence-corrected chi connectivity index (χ1v) is 5.68. The van der Waals surface area contributed by atoms with Gasteiger partial charge in [0.1, 0.15) is 15.9 Å². The third-order valence-electron chi connectivity index (χ3n) is 1.68. The minimum atomic E-state index is -4.64. The van der Waals surface area contributed by atoms with Crippen molar-refractivity contribution in [3.8, 4) is 5.75 Å². The van der Waals surface area contributed by atoms with Crippen molar-refractivity contribution >= 4 is 27.5 Å². The summed E-state index contributed by atoms with van der Waals surface area (Å²) in [5.41, 5.74) is -0.276. The van der Waals surface area contributed by atoms with E-state index in [1.165, 1.54) is 0 Å². The number of hydrogen-bond acceptors (Lipinski definition) is 5. The van der Waals surface area contributed by atoms with Crippen molar-refractivity contribution in [2.24, 2.45) is 0 Å². The fraction of sp³-hybridized carbons (Fsp3) is 0.125. The number of ketones is 1. The molecule has 0 atom stereocenters. The van der Waals surface area contributed by atoms with Gasteiger partial charge in [0.2, 0.25) is 0 Å². The van der Waals surface area contributed by atoms with Gasteiger partial charge in [0, 0.05) is 0 Å². The second-order valence-corrected chi connectivity index (χ2v) is 4.34. The van der Waals surface area contributed by atoms with Crippen LogP contribution < -0.4 is 51.4 Å². The third kappa shape index (κ3) is 4.08. The predicted octanol–water partition coefficient (Wildman–Crippen LogP) is -2.28. The molecule has 0 saturated carbocycles. The molecule has 0 saturated heterocycles. The van der Waals surface area contributed by atoms with Crippen LogP contribution in [0.15, 0.2) is 23.1 Å². The Hall–Kier alpha value is 0.526. The Morgan fingerprint density at radius 3 is 2.44 bits per heavy atom. The maximum absolute atomic E-state index is 11.1. The van der Waals surface area contributed by atoms with Crippen LogP contribution in [-0.4, -0.2) is 29.7 Å². The summed E-state index contributed by atoms with van der Waals surface area (Å²) in [4.78, 5) is 10.5. The molecule has 0 bridgehead atoms. The van der Waals surface area contributed by atoms with Crippen molar-refractivity contribution < 1.29 is 74.3 Å². The Kier molecular flexibility index (Phi) is 6.67. The number of carbonyl (C=O) groups is 1. The summed E-state index contributed by atoms with van der Waals surface area (Å²) < 4.78 is 31.9. The Balaban J connectivity index is 0.00000225. The molecule has 1 N–H and O–H groups in total. The molecule has 0 spiro atoms. The smallest absolute Gasteiger partial charge is 0.744 e. The Morgan fingerprint density at radius 2 is 2.00 bits per heavy atom. The molecular weight excluding hydrogens is 283 g/mol. The fourth-order valence-electron chi connectivity index (χ4n) is 0.966. The minimum Gasteiger partial charge on any atom is -0.744 e. The van der Waals surface area contributed by atoms with E-state index in [1.54, 1.807) is 0 Å². The first-order valence-electron chi connectivity index (χ1n) is 3.74. The van der Waals surface area contributed by atoms with Crippen molar-refractivity contribution in [2.75, 3.05) is 5.88 Å². The number of aromatic hydroxyl groups is 1. The number of carbonyl (C=O) groups excluding carboxylic acids is 1. The van der Waals surface area contributed by atoms with Crippen LogP contribution in [0.5, 0.6) is 5.75 Å². The number of rotatable bonds is 3. The summed E-state index contributed by atoms with van der Waals surface area (Å²) in [7, 11) is -4.64. The summed E-state index contributed by atoms with van der Waals surface area (Å²) in [5, 5.41) is 9.23. The van der Waals surface area contributed by atoms with E-state index in [2.05, 4.69) is 0 Å². The summed E-state index contributed by atoms with van der Waals surface area (Å²) in [6.45, 7) is 0. The number of halogens is 1. The molecule has 8 heteroatoms. The quantitative estimate of drug-likeness (QED) is 0.293. The Bertz CT molecular complexity index is 499. The van der Waals surface area contributed by atoms with Crippen LogP contribution in [-0.2, 0) is 10.1 Å². The first kappa shape index (κ1) is 16.5. The van der Waals surface area contributed by atoms with Crippen LogP contribution in [0, 0.1) is 0 Å². The van der Waals surface area contributed by atoms with E-state index in [1.807, 2.05) is 0 Å². The van der Waals surface area contributed by atoms with E-state index in [4.69, 9.17) is 11.6 Å². The van der Waals surface area contributed by atoms with Crippen molar-refractivity contribution in [1.29, 1.82) is 0 Å². The number of benzene rings is 1. The monoisotopic (exact) mass is 288 g/mol. The number of hydrogen-bond donors (Lipinski definition) is 1. The van der Waals surface area contributed by atoms with Gasteiger partial charge in [0.15, 0.2) is 5.78 Å². The maximum Gasteiger partial charge on any atom is 1.00 e. The number of phenolic OH excluding ortho intramolecular Hbond substituents is 1. The molecule has 0 heterocycles.